The van der Waals surface area contributed by atoms with Gasteiger partial charge < -0.3 is 10.1 Å². The number of ether oxygens (including phenoxy) is 1. The number of fused-ring (bicyclic) bond motifs is 1. The molecular formula is C21H22N2O4S. The smallest absolute Gasteiger partial charge is 0.333 e. The number of rotatable bonds is 6. The molecule has 1 heterocycles. The molecule has 0 saturated carbocycles. The van der Waals surface area contributed by atoms with Crippen LogP contribution >= 0.6 is 11.8 Å². The van der Waals surface area contributed by atoms with Crippen molar-refractivity contribution in [3.05, 3.63) is 59.1 Å². The van der Waals surface area contributed by atoms with Crippen molar-refractivity contribution in [2.24, 2.45) is 0 Å². The van der Waals surface area contributed by atoms with Crippen LogP contribution in [0.2, 0.25) is 0 Å². The molecule has 0 aromatic heterocycles. The fourth-order valence-corrected chi connectivity index (χ4v) is 3.91. The van der Waals surface area contributed by atoms with E-state index in [-0.39, 0.29) is 36.8 Å². The zero-order chi connectivity index (χ0) is 20.1. The van der Waals surface area contributed by atoms with Gasteiger partial charge in [-0.2, -0.15) is 0 Å². The molecule has 146 valence electrons. The number of nitrogens with one attached hydrogen (secondary N) is 1. The highest BCUT2D eigenvalue weighted by atomic mass is 32.2. The SMILES string of the molecule is CCOC(=O)/C=C1\SCC(=O)N1CC(=O)N[C@H](C)c1ccc2ccccc2c1. The van der Waals surface area contributed by atoms with Crippen LogP contribution in [0.1, 0.15) is 25.5 Å². The molecule has 0 bridgehead atoms. The van der Waals surface area contributed by atoms with Crippen molar-refractivity contribution in [2.45, 2.75) is 19.9 Å². The van der Waals surface area contributed by atoms with E-state index in [1.54, 1.807) is 6.92 Å². The number of esters is 1. The van der Waals surface area contributed by atoms with Crippen molar-refractivity contribution in [1.29, 1.82) is 0 Å². The van der Waals surface area contributed by atoms with Crippen molar-refractivity contribution in [1.82, 2.24) is 10.2 Å². The molecule has 3 rings (SSSR count). The van der Waals surface area contributed by atoms with Crippen LogP contribution in [-0.2, 0) is 19.1 Å². The first-order valence-corrected chi connectivity index (χ1v) is 10.1. The zero-order valence-electron chi connectivity index (χ0n) is 15.8. The molecule has 7 heteroatoms. The van der Waals surface area contributed by atoms with Crippen molar-refractivity contribution >= 4 is 40.3 Å². The normalized spacial score (nSPS) is 16.4. The van der Waals surface area contributed by atoms with Crippen LogP contribution in [0.15, 0.2) is 53.6 Å². The van der Waals surface area contributed by atoms with Crippen molar-refractivity contribution in [3.8, 4) is 0 Å². The topological polar surface area (TPSA) is 75.7 Å². The average molecular weight is 398 g/mol. The number of hydrogen-bond acceptors (Lipinski definition) is 5. The van der Waals surface area contributed by atoms with E-state index in [9.17, 15) is 14.4 Å². The van der Waals surface area contributed by atoms with Gasteiger partial charge in [-0.05, 0) is 36.2 Å². The Morgan fingerprint density at radius 1 is 1.25 bits per heavy atom. The molecule has 28 heavy (non-hydrogen) atoms. The van der Waals surface area contributed by atoms with E-state index < -0.39 is 5.97 Å². The third kappa shape index (κ3) is 4.72. The molecule has 1 aliphatic rings. The average Bonchev–Trinajstić information content (AvgIpc) is 3.01. The number of carbonyl (C=O) groups is 3. The van der Waals surface area contributed by atoms with Gasteiger partial charge in [0.15, 0.2) is 0 Å². The van der Waals surface area contributed by atoms with E-state index in [1.165, 1.54) is 22.7 Å². The minimum atomic E-state index is -0.519. The molecule has 2 amide bonds. The fourth-order valence-electron chi connectivity index (χ4n) is 2.98. The molecule has 0 radical (unpaired) electrons. The minimum Gasteiger partial charge on any atom is -0.463 e. The highest BCUT2D eigenvalue weighted by Crippen LogP contribution is 2.28. The highest BCUT2D eigenvalue weighted by molar-refractivity contribution is 8.04. The Balaban J connectivity index is 1.66. The number of benzene rings is 2. The predicted molar refractivity (Wildman–Crippen MR) is 109 cm³/mol. The molecular weight excluding hydrogens is 376 g/mol. The Kier molecular flexibility index (Phi) is 6.36. The molecule has 0 unspecified atom stereocenters. The zero-order valence-corrected chi connectivity index (χ0v) is 16.6. The van der Waals surface area contributed by atoms with Gasteiger partial charge in [0.25, 0.3) is 0 Å². The summed E-state index contributed by atoms with van der Waals surface area (Å²) in [5, 5.41) is 5.60. The van der Waals surface area contributed by atoms with Gasteiger partial charge in [0.1, 0.15) is 6.54 Å². The van der Waals surface area contributed by atoms with E-state index in [4.69, 9.17) is 4.74 Å². The molecule has 1 aliphatic heterocycles. The number of hydrogen-bond donors (Lipinski definition) is 1. The maximum absolute atomic E-state index is 12.5. The van der Waals surface area contributed by atoms with Crippen LogP contribution in [0.25, 0.3) is 10.8 Å². The van der Waals surface area contributed by atoms with Crippen molar-refractivity contribution in [2.75, 3.05) is 18.9 Å². The lowest BCUT2D eigenvalue weighted by Gasteiger charge is -2.19. The summed E-state index contributed by atoms with van der Waals surface area (Å²) < 4.78 is 4.88. The summed E-state index contributed by atoms with van der Waals surface area (Å²) in [7, 11) is 0. The van der Waals surface area contributed by atoms with Gasteiger partial charge in [-0.25, -0.2) is 4.79 Å². The van der Waals surface area contributed by atoms with Gasteiger partial charge in [0.2, 0.25) is 11.8 Å². The minimum absolute atomic E-state index is 0.130. The first-order valence-electron chi connectivity index (χ1n) is 9.07. The van der Waals surface area contributed by atoms with Crippen LogP contribution in [0.5, 0.6) is 0 Å². The monoisotopic (exact) mass is 398 g/mol. The number of nitrogens with zero attached hydrogens (tertiary/aromatic N) is 1. The van der Waals surface area contributed by atoms with Crippen LogP contribution in [-0.4, -0.2) is 41.6 Å². The first kappa shape index (κ1) is 19.9. The summed E-state index contributed by atoms with van der Waals surface area (Å²) in [6, 6.07) is 13.9. The van der Waals surface area contributed by atoms with E-state index in [2.05, 4.69) is 5.32 Å². The van der Waals surface area contributed by atoms with E-state index in [1.807, 2.05) is 49.4 Å². The van der Waals surface area contributed by atoms with Crippen molar-refractivity contribution in [3.63, 3.8) is 0 Å². The number of thioether (sulfide) groups is 1. The first-order chi connectivity index (χ1) is 13.5. The lowest BCUT2D eigenvalue weighted by molar-refractivity contribution is -0.137. The van der Waals surface area contributed by atoms with Gasteiger partial charge in [-0.1, -0.05) is 48.2 Å². The number of amides is 2. The highest BCUT2D eigenvalue weighted by Gasteiger charge is 2.29. The molecule has 2 aromatic rings. The van der Waals surface area contributed by atoms with Crippen LogP contribution in [0.3, 0.4) is 0 Å². The van der Waals surface area contributed by atoms with Gasteiger partial charge in [0, 0.05) is 0 Å². The summed E-state index contributed by atoms with van der Waals surface area (Å²) in [6.07, 6.45) is 1.26. The van der Waals surface area contributed by atoms with Crippen molar-refractivity contribution < 1.29 is 19.1 Å². The Labute approximate surface area is 167 Å². The lowest BCUT2D eigenvalue weighted by Crippen LogP contribution is -2.38. The van der Waals surface area contributed by atoms with Crippen LogP contribution in [0.4, 0.5) is 0 Å². The standard InChI is InChI=1S/C21H22N2O4S/c1-3-27-21(26)11-20-23(19(25)13-28-20)12-18(24)22-14(2)16-9-8-15-6-4-5-7-17(15)10-16/h4-11,14H,3,12-13H2,1-2H3,(H,22,24)/b20-11-/t14-/m1/s1. The molecule has 2 aromatic carbocycles. The number of carbonyl (C=O) groups excluding carboxylic acids is 3. The summed E-state index contributed by atoms with van der Waals surface area (Å²) in [5.74, 6) is -0.798. The second-order valence-electron chi connectivity index (χ2n) is 6.40. The molecule has 1 atom stereocenters. The third-order valence-corrected chi connectivity index (χ3v) is 5.42. The molecule has 0 aliphatic carbocycles. The van der Waals surface area contributed by atoms with Crippen LogP contribution < -0.4 is 5.32 Å². The maximum atomic E-state index is 12.5. The molecule has 6 nitrogen and oxygen atoms in total. The summed E-state index contributed by atoms with van der Waals surface area (Å²) in [5.41, 5.74) is 0.983. The van der Waals surface area contributed by atoms with E-state index >= 15 is 0 Å². The van der Waals surface area contributed by atoms with E-state index in [0.29, 0.717) is 5.03 Å². The van der Waals surface area contributed by atoms with Gasteiger partial charge in [-0.15, -0.1) is 0 Å². The Morgan fingerprint density at radius 3 is 2.75 bits per heavy atom. The Morgan fingerprint density at radius 2 is 2.00 bits per heavy atom. The molecule has 1 fully saturated rings. The second kappa shape index (κ2) is 8.93. The van der Waals surface area contributed by atoms with Gasteiger partial charge in [-0.3, -0.25) is 14.5 Å². The van der Waals surface area contributed by atoms with E-state index in [0.717, 1.165) is 16.3 Å². The van der Waals surface area contributed by atoms with Gasteiger partial charge >= 0.3 is 5.97 Å². The maximum Gasteiger partial charge on any atom is 0.333 e. The molecule has 1 saturated heterocycles. The second-order valence-corrected chi connectivity index (χ2v) is 7.39. The third-order valence-electron chi connectivity index (χ3n) is 4.39. The Bertz CT molecular complexity index is 941. The molecule has 0 spiro atoms. The van der Waals surface area contributed by atoms with Crippen LogP contribution in [0, 0.1) is 0 Å². The largest absolute Gasteiger partial charge is 0.463 e. The summed E-state index contributed by atoms with van der Waals surface area (Å²) in [6.45, 7) is 3.74. The predicted octanol–water partition coefficient (Wildman–Crippen LogP) is 3.00. The summed E-state index contributed by atoms with van der Waals surface area (Å²) in [4.78, 5) is 37.6. The summed E-state index contributed by atoms with van der Waals surface area (Å²) >= 11 is 1.23. The lowest BCUT2D eigenvalue weighted by atomic mass is 10.0. The molecule has 1 N–H and O–H groups in total. The fraction of sp³-hybridized carbons (Fsp3) is 0.286. The Hall–Kier alpha value is -2.80. The quantitative estimate of drug-likeness (QED) is 0.598. The van der Waals surface area contributed by atoms with Gasteiger partial charge in [0.05, 0.1) is 29.5 Å².